The molecule has 0 aliphatic heterocycles. The molecule has 2 heterocycles. The number of nitrogens with zero attached hydrogens (tertiary/aromatic N) is 4. The molecule has 0 fully saturated rings. The van der Waals surface area contributed by atoms with Crippen LogP contribution in [0.5, 0.6) is 5.88 Å². The molecule has 0 saturated carbocycles. The van der Waals surface area contributed by atoms with Crippen LogP contribution in [0.4, 0.5) is 5.82 Å². The molecule has 2 aromatic rings. The number of fused-ring (bicyclic) bond motifs is 1. The van der Waals surface area contributed by atoms with Gasteiger partial charge in [-0.3, -0.25) is 4.99 Å². The second-order valence-corrected chi connectivity index (χ2v) is 4.10. The third-order valence-electron chi connectivity index (χ3n) is 2.65. The minimum absolute atomic E-state index is 0.0593. The van der Waals surface area contributed by atoms with Gasteiger partial charge in [-0.15, -0.1) is 0 Å². The Hall–Kier alpha value is -2.57. The van der Waals surface area contributed by atoms with Crippen LogP contribution in [0.1, 0.15) is 33.3 Å². The molecule has 1 atom stereocenters. The van der Waals surface area contributed by atoms with E-state index >= 15 is 0 Å². The molecule has 0 bridgehead atoms. The molecule has 2 rings (SSSR count). The highest BCUT2D eigenvalue weighted by Crippen LogP contribution is 2.23. The first-order chi connectivity index (χ1) is 10.0. The molecule has 0 radical (unpaired) electrons. The zero-order chi connectivity index (χ0) is 16.0. The highest BCUT2D eigenvalue weighted by Gasteiger charge is 2.15. The quantitative estimate of drug-likeness (QED) is 0.452. The molecule has 0 aromatic carbocycles. The lowest BCUT2D eigenvalue weighted by molar-refractivity contribution is 0.438. The van der Waals surface area contributed by atoms with Crippen LogP contribution in [0.25, 0.3) is 5.52 Å². The summed E-state index contributed by atoms with van der Waals surface area (Å²) >= 11 is 0. The van der Waals surface area contributed by atoms with E-state index in [1.54, 1.807) is 0 Å². The van der Waals surface area contributed by atoms with Crippen molar-refractivity contribution in [3.05, 3.63) is 30.1 Å². The van der Waals surface area contributed by atoms with Gasteiger partial charge in [-0.05, 0) is 13.8 Å². The number of hydrogen-bond acceptors (Lipinski definition) is 5. The second-order valence-electron chi connectivity index (χ2n) is 4.10. The lowest BCUT2D eigenvalue weighted by Crippen LogP contribution is -2.16. The number of aromatic hydroxyl groups is 1. The topological polar surface area (TPSA) is 115 Å². The van der Waals surface area contributed by atoms with E-state index in [1.807, 2.05) is 39.8 Å². The summed E-state index contributed by atoms with van der Waals surface area (Å²) in [6.45, 7) is 7.82. The molecule has 0 amide bonds. The van der Waals surface area contributed by atoms with E-state index in [-0.39, 0.29) is 23.6 Å². The fraction of sp³-hybridized carbons (Fsp3) is 0.357. The molecule has 5 N–H and O–H groups in total. The molecule has 114 valence electrons. The Balaban J connectivity index is 0.00000106. The number of rotatable bonds is 3. The number of aliphatic imine (C=N–C) groups is 1. The molecule has 0 aliphatic rings. The van der Waals surface area contributed by atoms with Crippen LogP contribution in [0.3, 0.4) is 0 Å². The van der Waals surface area contributed by atoms with Gasteiger partial charge in [0, 0.05) is 6.07 Å². The molecule has 21 heavy (non-hydrogen) atoms. The molecule has 1 unspecified atom stereocenters. The smallest absolute Gasteiger partial charge is 0.213 e. The van der Waals surface area contributed by atoms with Crippen LogP contribution in [0, 0.1) is 0 Å². The number of nitrogen functional groups attached to an aromatic ring is 1. The van der Waals surface area contributed by atoms with Crippen molar-refractivity contribution in [1.29, 1.82) is 0 Å². The van der Waals surface area contributed by atoms with E-state index < -0.39 is 0 Å². The van der Waals surface area contributed by atoms with Crippen LogP contribution in [0.2, 0.25) is 0 Å². The zero-order valence-corrected chi connectivity index (χ0v) is 12.8. The Morgan fingerprint density at radius 2 is 2.14 bits per heavy atom. The van der Waals surface area contributed by atoms with E-state index in [2.05, 4.69) is 15.1 Å². The Kier molecular flexibility index (Phi) is 5.71. The summed E-state index contributed by atoms with van der Waals surface area (Å²) in [5.41, 5.74) is 12.7. The number of nitrogens with two attached hydrogens (primary N) is 2. The highest BCUT2D eigenvalue weighted by atomic mass is 16.3. The van der Waals surface area contributed by atoms with E-state index in [4.69, 9.17) is 11.5 Å². The van der Waals surface area contributed by atoms with Crippen molar-refractivity contribution in [1.82, 2.24) is 14.6 Å². The third kappa shape index (κ3) is 3.50. The van der Waals surface area contributed by atoms with E-state index in [1.165, 1.54) is 16.9 Å². The van der Waals surface area contributed by atoms with Crippen molar-refractivity contribution < 1.29 is 5.11 Å². The zero-order valence-electron chi connectivity index (χ0n) is 12.8. The summed E-state index contributed by atoms with van der Waals surface area (Å²) in [7, 11) is 0. The van der Waals surface area contributed by atoms with Gasteiger partial charge in [-0.1, -0.05) is 26.0 Å². The molecule has 0 aliphatic carbocycles. The Morgan fingerprint density at radius 3 is 2.76 bits per heavy atom. The lowest BCUT2D eigenvalue weighted by atomic mass is 10.2. The summed E-state index contributed by atoms with van der Waals surface area (Å²) in [6.07, 6.45) is 5.07. The maximum atomic E-state index is 9.80. The summed E-state index contributed by atoms with van der Waals surface area (Å²) in [6, 6.07) is 1.41. The molecule has 7 heteroatoms. The standard InChI is InChI=1S/C12H16N6O.C2H6/c1-3-4-7(2)17-11(13)8-5-9(19)18-10(8)12(14)15-6-16-18;1-2/h3-7,19H,1-2H3,(H2,13,17)(H2,14,15,16);1-2H3/b4-3-;. The third-order valence-corrected chi connectivity index (χ3v) is 2.65. The van der Waals surface area contributed by atoms with Crippen molar-refractivity contribution >= 4 is 17.2 Å². The first-order valence-electron chi connectivity index (χ1n) is 6.82. The minimum Gasteiger partial charge on any atom is -0.493 e. The van der Waals surface area contributed by atoms with Gasteiger partial charge in [0.1, 0.15) is 17.7 Å². The monoisotopic (exact) mass is 290 g/mol. The second kappa shape index (κ2) is 7.28. The predicted octanol–water partition coefficient (Wildman–Crippen LogP) is 1.71. The van der Waals surface area contributed by atoms with Gasteiger partial charge in [0.25, 0.3) is 0 Å². The van der Waals surface area contributed by atoms with Gasteiger partial charge in [0.05, 0.1) is 11.6 Å². The molecular formula is C14H22N6O. The van der Waals surface area contributed by atoms with Crippen LogP contribution in [-0.4, -0.2) is 31.6 Å². The Bertz CT molecular complexity index is 659. The molecular weight excluding hydrogens is 268 g/mol. The van der Waals surface area contributed by atoms with E-state index in [0.29, 0.717) is 11.1 Å². The van der Waals surface area contributed by atoms with Gasteiger partial charge < -0.3 is 16.6 Å². The number of allylic oxidation sites excluding steroid dienone is 1. The van der Waals surface area contributed by atoms with Gasteiger partial charge in [0.15, 0.2) is 5.82 Å². The largest absolute Gasteiger partial charge is 0.493 e. The van der Waals surface area contributed by atoms with E-state index in [9.17, 15) is 5.11 Å². The van der Waals surface area contributed by atoms with Crippen molar-refractivity contribution in [3.8, 4) is 5.88 Å². The first kappa shape index (κ1) is 16.5. The van der Waals surface area contributed by atoms with Gasteiger partial charge in [-0.2, -0.15) is 9.61 Å². The summed E-state index contributed by atoms with van der Waals surface area (Å²) in [5.74, 6) is 0.461. The first-order valence-corrected chi connectivity index (χ1v) is 6.82. The molecule has 0 spiro atoms. The summed E-state index contributed by atoms with van der Waals surface area (Å²) in [4.78, 5) is 8.20. The van der Waals surface area contributed by atoms with Crippen LogP contribution >= 0.6 is 0 Å². The van der Waals surface area contributed by atoms with Crippen molar-refractivity contribution in [2.45, 2.75) is 33.7 Å². The maximum absolute atomic E-state index is 9.80. The van der Waals surface area contributed by atoms with E-state index in [0.717, 1.165) is 0 Å². The van der Waals surface area contributed by atoms with Crippen LogP contribution < -0.4 is 11.5 Å². The number of hydrogen-bond donors (Lipinski definition) is 3. The van der Waals surface area contributed by atoms with Crippen molar-refractivity contribution in [3.63, 3.8) is 0 Å². The van der Waals surface area contributed by atoms with Crippen molar-refractivity contribution in [2.24, 2.45) is 10.7 Å². The van der Waals surface area contributed by atoms with Gasteiger partial charge in [0.2, 0.25) is 5.88 Å². The van der Waals surface area contributed by atoms with Crippen LogP contribution in [-0.2, 0) is 0 Å². The van der Waals surface area contributed by atoms with Gasteiger partial charge in [-0.25, -0.2) is 4.98 Å². The molecule has 2 aromatic heterocycles. The lowest BCUT2D eigenvalue weighted by Gasteiger charge is -2.04. The fourth-order valence-corrected chi connectivity index (χ4v) is 1.86. The SMILES string of the molecule is C/C=C\C(C)N=C(N)c1cc(O)n2ncnc(N)c12.CC. The molecule has 7 nitrogen and oxygen atoms in total. The Morgan fingerprint density at radius 1 is 1.48 bits per heavy atom. The van der Waals surface area contributed by atoms with Crippen LogP contribution in [0.15, 0.2) is 29.5 Å². The highest BCUT2D eigenvalue weighted by molar-refractivity contribution is 6.06. The fourth-order valence-electron chi connectivity index (χ4n) is 1.86. The average molecular weight is 290 g/mol. The summed E-state index contributed by atoms with van der Waals surface area (Å²) in [5, 5.41) is 13.7. The maximum Gasteiger partial charge on any atom is 0.213 e. The van der Waals surface area contributed by atoms with Gasteiger partial charge >= 0.3 is 0 Å². The minimum atomic E-state index is -0.0621. The summed E-state index contributed by atoms with van der Waals surface area (Å²) < 4.78 is 1.28. The number of aromatic nitrogens is 3. The van der Waals surface area contributed by atoms with Crippen molar-refractivity contribution in [2.75, 3.05) is 5.73 Å². The molecule has 0 saturated heterocycles. The Labute approximate surface area is 124 Å². The average Bonchev–Trinajstić information content (AvgIpc) is 2.80. The predicted molar refractivity (Wildman–Crippen MR) is 85.4 cm³/mol. The number of amidine groups is 1. The normalized spacial score (nSPS) is 13.2. The number of anilines is 1.